The topological polar surface area (TPSA) is 104 Å². The number of carbonyl (C=O) groups is 1. The molecule has 1 aliphatic rings. The quantitative estimate of drug-likeness (QED) is 0.240. The maximum Gasteiger partial charge on any atom is 0.390 e. The van der Waals surface area contributed by atoms with Crippen molar-refractivity contribution < 1.29 is 23.1 Å². The molecule has 4 aromatic rings. The summed E-state index contributed by atoms with van der Waals surface area (Å²) < 4.78 is 40.0. The Hall–Kier alpha value is -4.12. The largest absolute Gasteiger partial charge is 0.392 e. The highest BCUT2D eigenvalue weighted by molar-refractivity contribution is 5.96. The number of aromatic nitrogens is 3. The van der Waals surface area contributed by atoms with Crippen molar-refractivity contribution in [1.29, 1.82) is 0 Å². The van der Waals surface area contributed by atoms with E-state index in [9.17, 15) is 23.1 Å². The lowest BCUT2D eigenvalue weighted by Crippen LogP contribution is -2.26. The van der Waals surface area contributed by atoms with Gasteiger partial charge in [0.25, 0.3) is 5.91 Å². The molecular formula is C27H27F3N6O2. The Kier molecular flexibility index (Phi) is 6.94. The number of alkyl halides is 3. The molecule has 2 heterocycles. The van der Waals surface area contributed by atoms with Crippen LogP contribution in [0.5, 0.6) is 0 Å². The maximum atomic E-state index is 12.8. The summed E-state index contributed by atoms with van der Waals surface area (Å²) in [7, 11) is 0. The zero-order chi connectivity index (χ0) is 26.9. The number of rotatable bonds is 9. The summed E-state index contributed by atoms with van der Waals surface area (Å²) in [5.41, 5.74) is 4.71. The molecule has 0 atom stereocenters. The number of nitrogens with one attached hydrogen (secondary N) is 3. The third-order valence-electron chi connectivity index (χ3n) is 6.32. The van der Waals surface area contributed by atoms with Crippen LogP contribution in [0.25, 0.3) is 16.9 Å². The van der Waals surface area contributed by atoms with E-state index in [1.165, 1.54) is 0 Å². The molecule has 198 valence electrons. The number of hydrogen-bond acceptors (Lipinski definition) is 6. The second kappa shape index (κ2) is 10.3. The van der Waals surface area contributed by atoms with E-state index in [4.69, 9.17) is 0 Å². The summed E-state index contributed by atoms with van der Waals surface area (Å²) in [4.78, 5) is 17.0. The number of imidazole rings is 1. The number of aliphatic hydroxyl groups excluding tert-OH is 1. The Morgan fingerprint density at radius 3 is 2.63 bits per heavy atom. The minimum absolute atomic E-state index is 0.113. The van der Waals surface area contributed by atoms with E-state index >= 15 is 0 Å². The monoisotopic (exact) mass is 524 g/mol. The van der Waals surface area contributed by atoms with Gasteiger partial charge in [0.1, 0.15) is 0 Å². The van der Waals surface area contributed by atoms with Crippen LogP contribution in [0.4, 0.5) is 30.4 Å². The van der Waals surface area contributed by atoms with Gasteiger partial charge in [0.05, 0.1) is 30.6 Å². The first-order valence-electron chi connectivity index (χ1n) is 12.3. The fraction of sp³-hybridized carbons (Fsp3) is 0.296. The van der Waals surface area contributed by atoms with Crippen LogP contribution in [-0.4, -0.2) is 44.4 Å². The summed E-state index contributed by atoms with van der Waals surface area (Å²) in [6, 6.07) is 14.4. The molecule has 4 N–H and O–H groups in total. The van der Waals surface area contributed by atoms with Gasteiger partial charge < -0.3 is 21.1 Å². The number of fused-ring (bicyclic) bond motifs is 1. The fourth-order valence-electron chi connectivity index (χ4n) is 4.18. The van der Waals surface area contributed by atoms with Crippen LogP contribution in [-0.2, 0) is 6.61 Å². The number of anilines is 3. The van der Waals surface area contributed by atoms with Gasteiger partial charge in [-0.15, -0.1) is 5.10 Å². The van der Waals surface area contributed by atoms with Gasteiger partial charge in [0.15, 0.2) is 11.5 Å². The Labute approximate surface area is 216 Å². The van der Waals surface area contributed by atoms with Gasteiger partial charge in [-0.1, -0.05) is 24.3 Å². The molecule has 1 amide bonds. The summed E-state index contributed by atoms with van der Waals surface area (Å²) in [5, 5.41) is 23.3. The van der Waals surface area contributed by atoms with Crippen molar-refractivity contribution in [2.45, 2.75) is 45.0 Å². The minimum atomic E-state index is -4.30. The van der Waals surface area contributed by atoms with E-state index in [-0.39, 0.29) is 25.1 Å². The van der Waals surface area contributed by atoms with E-state index in [2.05, 4.69) is 26.0 Å². The molecule has 0 aliphatic heterocycles. The van der Waals surface area contributed by atoms with Gasteiger partial charge in [0.2, 0.25) is 0 Å². The van der Waals surface area contributed by atoms with Crippen molar-refractivity contribution in [3.05, 3.63) is 71.4 Å². The summed E-state index contributed by atoms with van der Waals surface area (Å²) >= 11 is 0. The first kappa shape index (κ1) is 25.5. The van der Waals surface area contributed by atoms with Crippen LogP contribution in [0.3, 0.4) is 0 Å². The second-order valence-electron chi connectivity index (χ2n) is 9.33. The molecule has 0 unspecified atom stereocenters. The number of carbonyl (C=O) groups excluding carboxylic acids is 1. The van der Waals surface area contributed by atoms with E-state index in [1.807, 2.05) is 13.0 Å². The predicted molar refractivity (Wildman–Crippen MR) is 138 cm³/mol. The molecule has 1 fully saturated rings. The van der Waals surface area contributed by atoms with Gasteiger partial charge in [-0.25, -0.2) is 9.50 Å². The molecule has 0 spiro atoms. The van der Waals surface area contributed by atoms with E-state index in [0.29, 0.717) is 39.7 Å². The average molecular weight is 525 g/mol. The number of amides is 1. The van der Waals surface area contributed by atoms with Gasteiger partial charge >= 0.3 is 6.18 Å². The number of aryl methyl sites for hydroxylation is 1. The van der Waals surface area contributed by atoms with Gasteiger partial charge in [-0.2, -0.15) is 13.2 Å². The van der Waals surface area contributed by atoms with Crippen LogP contribution >= 0.6 is 0 Å². The lowest BCUT2D eigenvalue weighted by molar-refractivity contribution is -0.131. The number of benzene rings is 2. The molecule has 2 aromatic heterocycles. The SMILES string of the molecule is Cc1cc(-c2cnc3c(NCCC(F)(F)F)cc(Nc4ccccc4CO)nn23)ccc1C(=O)NC1CC1. The van der Waals surface area contributed by atoms with Crippen molar-refractivity contribution >= 4 is 28.7 Å². The third kappa shape index (κ3) is 5.72. The Bertz CT molecular complexity index is 1480. The summed E-state index contributed by atoms with van der Waals surface area (Å²) in [5.74, 6) is 0.238. The zero-order valence-electron chi connectivity index (χ0n) is 20.6. The highest BCUT2D eigenvalue weighted by Gasteiger charge is 2.27. The summed E-state index contributed by atoms with van der Waals surface area (Å²) in [6.45, 7) is 1.32. The maximum absolute atomic E-state index is 12.8. The van der Waals surface area contributed by atoms with Gasteiger partial charge in [-0.05, 0) is 43.5 Å². The molecule has 0 bridgehead atoms. The van der Waals surface area contributed by atoms with Crippen LogP contribution < -0.4 is 16.0 Å². The molecule has 0 radical (unpaired) electrons. The molecule has 5 rings (SSSR count). The number of hydrogen-bond donors (Lipinski definition) is 4. The molecular weight excluding hydrogens is 497 g/mol. The average Bonchev–Trinajstić information content (AvgIpc) is 3.58. The molecule has 11 heteroatoms. The van der Waals surface area contributed by atoms with Crippen LogP contribution in [0.2, 0.25) is 0 Å². The predicted octanol–water partition coefficient (Wildman–Crippen LogP) is 5.20. The molecule has 1 aliphatic carbocycles. The van der Waals surface area contributed by atoms with Crippen LogP contribution in [0, 0.1) is 6.92 Å². The number of nitrogens with zero attached hydrogens (tertiary/aromatic N) is 3. The highest BCUT2D eigenvalue weighted by Crippen LogP contribution is 2.30. The number of halogens is 3. The first-order valence-corrected chi connectivity index (χ1v) is 12.3. The number of para-hydroxylation sites is 1. The van der Waals surface area contributed by atoms with Gasteiger partial charge in [0, 0.05) is 41.0 Å². The van der Waals surface area contributed by atoms with Crippen molar-refractivity contribution in [1.82, 2.24) is 19.9 Å². The fourth-order valence-corrected chi connectivity index (χ4v) is 4.18. The number of aliphatic hydroxyl groups is 1. The Morgan fingerprint density at radius 2 is 1.92 bits per heavy atom. The van der Waals surface area contributed by atoms with Crippen LogP contribution in [0.15, 0.2) is 54.7 Å². The molecule has 0 saturated heterocycles. The van der Waals surface area contributed by atoms with Crippen molar-refractivity contribution in [3.63, 3.8) is 0 Å². The van der Waals surface area contributed by atoms with Crippen molar-refractivity contribution in [2.75, 3.05) is 17.2 Å². The van der Waals surface area contributed by atoms with E-state index in [1.54, 1.807) is 53.2 Å². The van der Waals surface area contributed by atoms with Gasteiger partial charge in [-0.3, -0.25) is 4.79 Å². The Morgan fingerprint density at radius 1 is 1.13 bits per heavy atom. The standard InChI is InChI=1S/C27H27F3N6O2/c1-16-12-17(6-9-20(16)26(38)33-19-7-8-19)23-14-32-25-22(31-11-10-27(28,29)30)13-24(35-36(23)25)34-21-5-3-2-4-18(21)15-37/h2-6,9,12-14,19,31,37H,7-8,10-11,15H2,1H3,(H,33,38)(H,34,35). The van der Waals surface area contributed by atoms with E-state index < -0.39 is 12.6 Å². The summed E-state index contributed by atoms with van der Waals surface area (Å²) in [6.07, 6.45) is -1.72. The normalized spacial score (nSPS) is 13.5. The highest BCUT2D eigenvalue weighted by atomic mass is 19.4. The zero-order valence-corrected chi connectivity index (χ0v) is 20.6. The molecule has 2 aromatic carbocycles. The molecule has 38 heavy (non-hydrogen) atoms. The van der Waals surface area contributed by atoms with Crippen LogP contribution in [0.1, 0.15) is 40.7 Å². The second-order valence-corrected chi connectivity index (χ2v) is 9.33. The molecule has 8 nitrogen and oxygen atoms in total. The third-order valence-corrected chi connectivity index (χ3v) is 6.32. The van der Waals surface area contributed by atoms with Crippen molar-refractivity contribution in [3.8, 4) is 11.3 Å². The smallest absolute Gasteiger partial charge is 0.390 e. The Balaban J connectivity index is 1.52. The lowest BCUT2D eigenvalue weighted by atomic mass is 10.0. The molecule has 1 saturated carbocycles. The minimum Gasteiger partial charge on any atom is -0.392 e. The first-order chi connectivity index (χ1) is 18.2. The van der Waals surface area contributed by atoms with Crippen molar-refractivity contribution in [2.24, 2.45) is 0 Å². The van der Waals surface area contributed by atoms with E-state index in [0.717, 1.165) is 24.0 Å². The lowest BCUT2D eigenvalue weighted by Gasteiger charge is -2.14.